The second-order valence-electron chi connectivity index (χ2n) is 5.84. The molecule has 114 valence electrons. The SMILES string of the molecule is Cc1ccc(C(=O)Cc2ccccc2-c2ccc(C)cn2)cc1. The Labute approximate surface area is 136 Å². The van der Waals surface area contributed by atoms with Crippen LogP contribution in [0.5, 0.6) is 0 Å². The van der Waals surface area contributed by atoms with Crippen LogP contribution < -0.4 is 0 Å². The highest BCUT2D eigenvalue weighted by atomic mass is 16.1. The molecule has 0 saturated carbocycles. The largest absolute Gasteiger partial charge is 0.294 e. The van der Waals surface area contributed by atoms with Crippen LogP contribution in [0, 0.1) is 13.8 Å². The van der Waals surface area contributed by atoms with Crippen LogP contribution in [0.4, 0.5) is 0 Å². The van der Waals surface area contributed by atoms with Crippen LogP contribution in [-0.2, 0) is 6.42 Å². The van der Waals surface area contributed by atoms with E-state index >= 15 is 0 Å². The predicted octanol–water partition coefficient (Wildman–Crippen LogP) is 4.79. The van der Waals surface area contributed by atoms with Gasteiger partial charge in [0.2, 0.25) is 0 Å². The molecule has 2 aromatic carbocycles. The van der Waals surface area contributed by atoms with Gasteiger partial charge in [-0.1, -0.05) is 60.2 Å². The first-order valence-electron chi connectivity index (χ1n) is 7.74. The van der Waals surface area contributed by atoms with Crippen molar-refractivity contribution >= 4 is 5.78 Å². The van der Waals surface area contributed by atoms with E-state index in [-0.39, 0.29) is 5.78 Å². The third kappa shape index (κ3) is 3.54. The summed E-state index contributed by atoms with van der Waals surface area (Å²) in [5.41, 5.74) is 5.97. The number of hydrogen-bond acceptors (Lipinski definition) is 2. The molecular formula is C21H19NO. The fraction of sp³-hybridized carbons (Fsp3) is 0.143. The van der Waals surface area contributed by atoms with Crippen molar-refractivity contribution in [3.05, 3.63) is 89.1 Å². The minimum absolute atomic E-state index is 0.129. The minimum Gasteiger partial charge on any atom is -0.294 e. The monoisotopic (exact) mass is 301 g/mol. The maximum absolute atomic E-state index is 12.5. The van der Waals surface area contributed by atoms with E-state index in [1.165, 1.54) is 0 Å². The molecule has 0 N–H and O–H groups in total. The molecule has 3 aromatic rings. The number of aryl methyl sites for hydroxylation is 2. The van der Waals surface area contributed by atoms with E-state index in [0.717, 1.165) is 33.5 Å². The standard InChI is InChI=1S/C21H19NO/c1-15-7-10-17(11-8-15)21(23)13-18-5-3-4-6-19(18)20-12-9-16(2)14-22-20/h3-12,14H,13H2,1-2H3. The van der Waals surface area contributed by atoms with Crippen LogP contribution in [0.15, 0.2) is 66.9 Å². The van der Waals surface area contributed by atoms with Crippen molar-refractivity contribution in [2.24, 2.45) is 0 Å². The lowest BCUT2D eigenvalue weighted by Crippen LogP contribution is -2.05. The zero-order valence-electron chi connectivity index (χ0n) is 13.4. The van der Waals surface area contributed by atoms with Crippen LogP contribution in [0.3, 0.4) is 0 Å². The van der Waals surface area contributed by atoms with Crippen molar-refractivity contribution in [3.8, 4) is 11.3 Å². The van der Waals surface area contributed by atoms with Gasteiger partial charge < -0.3 is 0 Å². The molecule has 0 amide bonds. The van der Waals surface area contributed by atoms with Crippen LogP contribution in [-0.4, -0.2) is 10.8 Å². The van der Waals surface area contributed by atoms with E-state index in [1.54, 1.807) is 0 Å². The predicted molar refractivity (Wildman–Crippen MR) is 93.6 cm³/mol. The van der Waals surface area contributed by atoms with Gasteiger partial charge in [-0.3, -0.25) is 9.78 Å². The Kier molecular flexibility index (Phi) is 4.33. The first-order valence-corrected chi connectivity index (χ1v) is 7.74. The number of nitrogens with zero attached hydrogens (tertiary/aromatic N) is 1. The average molecular weight is 301 g/mol. The lowest BCUT2D eigenvalue weighted by atomic mass is 9.96. The fourth-order valence-electron chi connectivity index (χ4n) is 2.57. The normalized spacial score (nSPS) is 10.5. The molecule has 0 aliphatic rings. The smallest absolute Gasteiger partial charge is 0.167 e. The quantitative estimate of drug-likeness (QED) is 0.648. The highest BCUT2D eigenvalue weighted by Crippen LogP contribution is 2.23. The number of Topliss-reactive ketones (excluding diaryl/α,β-unsaturated/α-hetero) is 1. The maximum Gasteiger partial charge on any atom is 0.167 e. The summed E-state index contributed by atoms with van der Waals surface area (Å²) in [5, 5.41) is 0. The topological polar surface area (TPSA) is 30.0 Å². The van der Waals surface area contributed by atoms with Gasteiger partial charge in [0.15, 0.2) is 5.78 Å². The van der Waals surface area contributed by atoms with E-state index in [2.05, 4.69) is 4.98 Å². The number of carbonyl (C=O) groups excluding carboxylic acids is 1. The minimum atomic E-state index is 0.129. The van der Waals surface area contributed by atoms with Crippen molar-refractivity contribution in [2.75, 3.05) is 0 Å². The lowest BCUT2D eigenvalue weighted by molar-refractivity contribution is 0.0993. The summed E-state index contributed by atoms with van der Waals surface area (Å²) in [6, 6.07) is 19.8. The second kappa shape index (κ2) is 6.57. The molecule has 1 heterocycles. The van der Waals surface area contributed by atoms with Crippen molar-refractivity contribution in [3.63, 3.8) is 0 Å². The van der Waals surface area contributed by atoms with Gasteiger partial charge in [0, 0.05) is 23.7 Å². The van der Waals surface area contributed by atoms with Gasteiger partial charge in [0.05, 0.1) is 5.69 Å². The van der Waals surface area contributed by atoms with Gasteiger partial charge in [-0.2, -0.15) is 0 Å². The molecule has 2 nitrogen and oxygen atoms in total. The number of aromatic nitrogens is 1. The van der Waals surface area contributed by atoms with Gasteiger partial charge >= 0.3 is 0 Å². The number of pyridine rings is 1. The molecule has 0 spiro atoms. The summed E-state index contributed by atoms with van der Waals surface area (Å²) in [6.45, 7) is 4.04. The third-order valence-corrected chi connectivity index (χ3v) is 3.93. The van der Waals surface area contributed by atoms with Crippen molar-refractivity contribution < 1.29 is 4.79 Å². The van der Waals surface area contributed by atoms with E-state index in [4.69, 9.17) is 0 Å². The van der Waals surface area contributed by atoms with Crippen LogP contribution in [0.25, 0.3) is 11.3 Å². The van der Waals surface area contributed by atoms with Crippen molar-refractivity contribution in [1.29, 1.82) is 0 Å². The molecule has 2 heteroatoms. The van der Waals surface area contributed by atoms with Gasteiger partial charge in [0.1, 0.15) is 0 Å². The Balaban J connectivity index is 1.90. The molecule has 1 aromatic heterocycles. The van der Waals surface area contributed by atoms with Gasteiger partial charge in [-0.15, -0.1) is 0 Å². The van der Waals surface area contributed by atoms with Crippen LogP contribution >= 0.6 is 0 Å². The Morgan fingerprint density at radius 3 is 2.26 bits per heavy atom. The number of carbonyl (C=O) groups is 1. The zero-order chi connectivity index (χ0) is 16.2. The molecule has 0 aliphatic carbocycles. The summed E-state index contributed by atoms with van der Waals surface area (Å²) in [4.78, 5) is 17.0. The van der Waals surface area contributed by atoms with Crippen molar-refractivity contribution in [2.45, 2.75) is 20.3 Å². The zero-order valence-corrected chi connectivity index (χ0v) is 13.4. The Hall–Kier alpha value is -2.74. The molecular weight excluding hydrogens is 282 g/mol. The highest BCUT2D eigenvalue weighted by Gasteiger charge is 2.11. The fourth-order valence-corrected chi connectivity index (χ4v) is 2.57. The average Bonchev–Trinajstić information content (AvgIpc) is 2.57. The highest BCUT2D eigenvalue weighted by molar-refractivity contribution is 5.98. The molecule has 0 unspecified atom stereocenters. The lowest BCUT2D eigenvalue weighted by Gasteiger charge is -2.09. The van der Waals surface area contributed by atoms with Crippen molar-refractivity contribution in [1.82, 2.24) is 4.98 Å². The van der Waals surface area contributed by atoms with Gasteiger partial charge in [0.25, 0.3) is 0 Å². The summed E-state index contributed by atoms with van der Waals surface area (Å²) in [6.07, 6.45) is 2.24. The molecule has 0 saturated heterocycles. The number of ketones is 1. The first kappa shape index (κ1) is 15.2. The Morgan fingerprint density at radius 2 is 1.57 bits per heavy atom. The maximum atomic E-state index is 12.5. The molecule has 0 atom stereocenters. The van der Waals surface area contributed by atoms with Crippen LogP contribution in [0.1, 0.15) is 27.0 Å². The van der Waals surface area contributed by atoms with Crippen LogP contribution in [0.2, 0.25) is 0 Å². The molecule has 3 rings (SSSR count). The summed E-state index contributed by atoms with van der Waals surface area (Å²) in [5.74, 6) is 0.129. The summed E-state index contributed by atoms with van der Waals surface area (Å²) >= 11 is 0. The number of hydrogen-bond donors (Lipinski definition) is 0. The number of rotatable bonds is 4. The van der Waals surface area contributed by atoms with E-state index < -0.39 is 0 Å². The first-order chi connectivity index (χ1) is 11.1. The van der Waals surface area contributed by atoms with E-state index in [1.807, 2.05) is 80.7 Å². The van der Waals surface area contributed by atoms with Gasteiger partial charge in [-0.05, 0) is 31.0 Å². The Morgan fingerprint density at radius 1 is 0.870 bits per heavy atom. The van der Waals surface area contributed by atoms with E-state index in [0.29, 0.717) is 6.42 Å². The summed E-state index contributed by atoms with van der Waals surface area (Å²) < 4.78 is 0. The van der Waals surface area contributed by atoms with E-state index in [9.17, 15) is 4.79 Å². The summed E-state index contributed by atoms with van der Waals surface area (Å²) in [7, 11) is 0. The molecule has 0 aliphatic heterocycles. The second-order valence-corrected chi connectivity index (χ2v) is 5.84. The Bertz CT molecular complexity index is 817. The van der Waals surface area contributed by atoms with Gasteiger partial charge in [-0.25, -0.2) is 0 Å². The molecule has 0 fully saturated rings. The molecule has 0 bridgehead atoms. The third-order valence-electron chi connectivity index (χ3n) is 3.93. The number of benzene rings is 2. The molecule has 0 radical (unpaired) electrons. The molecule has 23 heavy (non-hydrogen) atoms.